The van der Waals surface area contributed by atoms with Gasteiger partial charge in [-0.1, -0.05) is 23.2 Å². The Morgan fingerprint density at radius 2 is 1.82 bits per heavy atom. The lowest BCUT2D eigenvalue weighted by Crippen LogP contribution is -2.16. The zero-order chi connectivity index (χ0) is 20.4. The minimum Gasteiger partial charge on any atom is -0.493 e. The molecule has 0 aliphatic carbocycles. The molecule has 0 heterocycles. The summed E-state index contributed by atoms with van der Waals surface area (Å²) in [5, 5.41) is 4.77. The normalized spacial score (nSPS) is 10.6. The molecule has 0 spiro atoms. The predicted octanol–water partition coefficient (Wildman–Crippen LogP) is 4.54. The lowest BCUT2D eigenvalue weighted by molar-refractivity contribution is 0.171. The van der Waals surface area contributed by atoms with E-state index in [1.807, 2.05) is 0 Å². The molecular formula is C19H20Cl2N2O5. The van der Waals surface area contributed by atoms with Gasteiger partial charge in [0.05, 0.1) is 38.7 Å². The van der Waals surface area contributed by atoms with Crippen molar-refractivity contribution in [1.82, 2.24) is 5.43 Å². The Balaban J connectivity index is 1.88. The first-order valence-electron chi connectivity index (χ1n) is 8.29. The Morgan fingerprint density at radius 3 is 2.50 bits per heavy atom. The number of hydrazone groups is 1. The van der Waals surface area contributed by atoms with Gasteiger partial charge in [-0.25, -0.2) is 10.2 Å². The van der Waals surface area contributed by atoms with Crippen LogP contribution in [0.25, 0.3) is 0 Å². The van der Waals surface area contributed by atoms with Crippen molar-refractivity contribution in [3.05, 3.63) is 52.0 Å². The van der Waals surface area contributed by atoms with Crippen LogP contribution in [0.2, 0.25) is 10.0 Å². The second kappa shape index (κ2) is 11.3. The van der Waals surface area contributed by atoms with Crippen LogP contribution >= 0.6 is 23.2 Å². The molecule has 0 saturated heterocycles. The summed E-state index contributed by atoms with van der Waals surface area (Å²) in [6, 6.07) is 10.5. The maximum absolute atomic E-state index is 11.0. The van der Waals surface area contributed by atoms with Gasteiger partial charge in [0.15, 0.2) is 11.5 Å². The molecule has 0 radical (unpaired) electrons. The molecule has 150 valence electrons. The van der Waals surface area contributed by atoms with Crippen molar-refractivity contribution in [2.24, 2.45) is 5.10 Å². The standard InChI is InChI=1S/C19H20Cl2N2O5/c1-25-17-11-13(12-22-23-19(24)26-2)10-16(21)18(17)28-9-3-8-27-15-6-4-14(20)5-7-15/h4-7,10-12H,3,8-9H2,1-2H3,(H,23,24)/b22-12+. The quantitative estimate of drug-likeness (QED) is 0.361. The molecule has 0 fully saturated rings. The van der Waals surface area contributed by atoms with Gasteiger partial charge in [-0.15, -0.1) is 0 Å². The van der Waals surface area contributed by atoms with Crippen molar-refractivity contribution in [3.63, 3.8) is 0 Å². The van der Waals surface area contributed by atoms with E-state index in [9.17, 15) is 4.79 Å². The molecule has 2 rings (SSSR count). The van der Waals surface area contributed by atoms with E-state index in [2.05, 4.69) is 15.3 Å². The van der Waals surface area contributed by atoms with Gasteiger partial charge < -0.3 is 18.9 Å². The summed E-state index contributed by atoms with van der Waals surface area (Å²) in [6.45, 7) is 0.868. The van der Waals surface area contributed by atoms with Crippen molar-refractivity contribution in [3.8, 4) is 17.2 Å². The zero-order valence-corrected chi connectivity index (χ0v) is 16.9. The number of amides is 1. The van der Waals surface area contributed by atoms with Crippen molar-refractivity contribution in [2.45, 2.75) is 6.42 Å². The molecule has 0 unspecified atom stereocenters. The molecule has 1 amide bonds. The van der Waals surface area contributed by atoms with Gasteiger partial charge >= 0.3 is 6.09 Å². The minimum atomic E-state index is -0.671. The van der Waals surface area contributed by atoms with Crippen LogP contribution in [0.5, 0.6) is 17.2 Å². The number of carbonyl (C=O) groups excluding carboxylic acids is 1. The van der Waals surface area contributed by atoms with Crippen LogP contribution < -0.4 is 19.6 Å². The first kappa shape index (κ1) is 21.7. The van der Waals surface area contributed by atoms with E-state index in [1.165, 1.54) is 20.4 Å². The van der Waals surface area contributed by atoms with Crippen molar-refractivity contribution in [2.75, 3.05) is 27.4 Å². The molecule has 0 bridgehead atoms. The van der Waals surface area contributed by atoms with E-state index in [0.717, 1.165) is 5.75 Å². The minimum absolute atomic E-state index is 0.359. The SMILES string of the molecule is COC(=O)N/N=C/c1cc(Cl)c(OCCCOc2ccc(Cl)cc2)c(OC)c1. The predicted molar refractivity (Wildman–Crippen MR) is 108 cm³/mol. The molecule has 0 aliphatic heterocycles. The second-order valence-electron chi connectivity index (χ2n) is 5.40. The molecule has 9 heteroatoms. The number of nitrogens with one attached hydrogen (secondary N) is 1. The number of halogens is 2. The molecule has 2 aromatic carbocycles. The topological polar surface area (TPSA) is 78.4 Å². The number of carbonyl (C=O) groups is 1. The summed E-state index contributed by atoms with van der Waals surface area (Å²) in [7, 11) is 2.76. The number of nitrogens with zero attached hydrogens (tertiary/aromatic N) is 1. The monoisotopic (exact) mass is 426 g/mol. The van der Waals surface area contributed by atoms with Crippen molar-refractivity contribution >= 4 is 35.5 Å². The van der Waals surface area contributed by atoms with Crippen LogP contribution in [-0.4, -0.2) is 39.7 Å². The molecule has 0 saturated carbocycles. The fraction of sp³-hybridized carbons (Fsp3) is 0.263. The van der Waals surface area contributed by atoms with E-state index in [1.54, 1.807) is 36.4 Å². The largest absolute Gasteiger partial charge is 0.493 e. The highest BCUT2D eigenvalue weighted by Gasteiger charge is 2.11. The fourth-order valence-corrected chi connectivity index (χ4v) is 2.51. The van der Waals surface area contributed by atoms with Gasteiger partial charge in [0.1, 0.15) is 5.75 Å². The van der Waals surface area contributed by atoms with Crippen molar-refractivity contribution in [1.29, 1.82) is 0 Å². The van der Waals surface area contributed by atoms with Crippen LogP contribution in [0.1, 0.15) is 12.0 Å². The van der Waals surface area contributed by atoms with E-state index in [-0.39, 0.29) is 0 Å². The molecule has 0 atom stereocenters. The third-order valence-electron chi connectivity index (χ3n) is 3.42. The zero-order valence-electron chi connectivity index (χ0n) is 15.4. The molecule has 2 aromatic rings. The maximum atomic E-state index is 11.0. The van der Waals surface area contributed by atoms with Crippen LogP contribution in [0.3, 0.4) is 0 Å². The third kappa shape index (κ3) is 6.83. The smallest absolute Gasteiger partial charge is 0.427 e. The number of rotatable bonds is 9. The Morgan fingerprint density at radius 1 is 1.11 bits per heavy atom. The van der Waals surface area contributed by atoms with Gasteiger partial charge in [-0.3, -0.25) is 0 Å². The average Bonchev–Trinajstić information content (AvgIpc) is 2.69. The van der Waals surface area contributed by atoms with E-state index < -0.39 is 6.09 Å². The molecule has 7 nitrogen and oxygen atoms in total. The van der Waals surface area contributed by atoms with Crippen LogP contribution in [-0.2, 0) is 4.74 Å². The number of hydrogen-bond donors (Lipinski definition) is 1. The van der Waals surface area contributed by atoms with Gasteiger partial charge in [-0.2, -0.15) is 5.10 Å². The molecule has 0 aliphatic rings. The summed E-state index contributed by atoms with van der Waals surface area (Å²) < 4.78 is 21.1. The van der Waals surface area contributed by atoms with Gasteiger partial charge in [0.2, 0.25) is 0 Å². The molecule has 0 aromatic heterocycles. The van der Waals surface area contributed by atoms with Crippen LogP contribution in [0.4, 0.5) is 4.79 Å². The van der Waals surface area contributed by atoms with E-state index in [0.29, 0.717) is 46.7 Å². The van der Waals surface area contributed by atoms with Crippen molar-refractivity contribution < 1.29 is 23.7 Å². The Bertz CT molecular complexity index is 813. The highest BCUT2D eigenvalue weighted by atomic mass is 35.5. The summed E-state index contributed by atoms with van der Waals surface area (Å²) in [5.41, 5.74) is 2.81. The van der Waals surface area contributed by atoms with Gasteiger partial charge in [0, 0.05) is 11.4 Å². The van der Waals surface area contributed by atoms with Crippen LogP contribution in [0, 0.1) is 0 Å². The second-order valence-corrected chi connectivity index (χ2v) is 6.24. The first-order chi connectivity index (χ1) is 13.5. The maximum Gasteiger partial charge on any atom is 0.427 e. The third-order valence-corrected chi connectivity index (χ3v) is 3.96. The van der Waals surface area contributed by atoms with Gasteiger partial charge in [0.25, 0.3) is 0 Å². The number of methoxy groups -OCH3 is 2. The lowest BCUT2D eigenvalue weighted by Gasteiger charge is -2.13. The fourth-order valence-electron chi connectivity index (χ4n) is 2.11. The van der Waals surface area contributed by atoms with Crippen LogP contribution in [0.15, 0.2) is 41.5 Å². The van der Waals surface area contributed by atoms with Gasteiger partial charge in [-0.05, 0) is 42.0 Å². The summed E-state index contributed by atoms with van der Waals surface area (Å²) in [4.78, 5) is 11.0. The summed E-state index contributed by atoms with van der Waals surface area (Å²) >= 11 is 12.1. The van der Waals surface area contributed by atoms with E-state index in [4.69, 9.17) is 37.4 Å². The first-order valence-corrected chi connectivity index (χ1v) is 9.04. The highest BCUT2D eigenvalue weighted by Crippen LogP contribution is 2.36. The lowest BCUT2D eigenvalue weighted by atomic mass is 10.2. The molecular weight excluding hydrogens is 407 g/mol. The highest BCUT2D eigenvalue weighted by molar-refractivity contribution is 6.32. The summed E-state index contributed by atoms with van der Waals surface area (Å²) in [5.74, 6) is 1.61. The Labute approximate surface area is 173 Å². The number of hydrogen-bond acceptors (Lipinski definition) is 6. The average molecular weight is 427 g/mol. The Hall–Kier alpha value is -2.64. The van der Waals surface area contributed by atoms with E-state index >= 15 is 0 Å². The summed E-state index contributed by atoms with van der Waals surface area (Å²) in [6.07, 6.45) is 1.39. The number of benzene rings is 2. The Kier molecular flexibility index (Phi) is 8.71. The number of ether oxygens (including phenoxy) is 4. The molecule has 28 heavy (non-hydrogen) atoms. The molecule has 1 N–H and O–H groups in total.